The lowest BCUT2D eigenvalue weighted by atomic mass is 10.2. The number of aromatic nitrogens is 3. The molecule has 0 radical (unpaired) electrons. The van der Waals surface area contributed by atoms with Crippen LogP contribution in [0.3, 0.4) is 0 Å². The lowest BCUT2D eigenvalue weighted by molar-refractivity contribution is 0.346. The third-order valence-electron chi connectivity index (χ3n) is 5.11. The molecule has 1 aliphatic heterocycles. The summed E-state index contributed by atoms with van der Waals surface area (Å²) in [6.45, 7) is 1.13. The van der Waals surface area contributed by atoms with Gasteiger partial charge in [-0.3, -0.25) is 0 Å². The fourth-order valence-corrected chi connectivity index (χ4v) is 5.72. The molecule has 4 aromatic rings. The summed E-state index contributed by atoms with van der Waals surface area (Å²) in [7, 11) is -3.51. The molecule has 1 saturated heterocycles. The SMILES string of the molecule is O=S(=O)(c1ccc2oc(SCc3nc(-c4ccccc4)no3)nc2c1)N1CCCCC1. The number of fused-ring (bicyclic) bond motifs is 1. The van der Waals surface area contributed by atoms with Gasteiger partial charge in [-0.1, -0.05) is 53.7 Å². The quantitative estimate of drug-likeness (QED) is 0.395. The van der Waals surface area contributed by atoms with Crippen LogP contribution in [-0.4, -0.2) is 40.9 Å². The minimum absolute atomic E-state index is 0.246. The smallest absolute Gasteiger partial charge is 0.257 e. The van der Waals surface area contributed by atoms with Crippen molar-refractivity contribution >= 4 is 32.9 Å². The molecule has 0 atom stereocenters. The molecule has 10 heteroatoms. The maximum Gasteiger partial charge on any atom is 0.257 e. The highest BCUT2D eigenvalue weighted by Crippen LogP contribution is 2.29. The van der Waals surface area contributed by atoms with E-state index >= 15 is 0 Å². The third-order valence-corrected chi connectivity index (χ3v) is 7.82. The van der Waals surface area contributed by atoms with Crippen LogP contribution in [0.25, 0.3) is 22.5 Å². The number of hydrogen-bond acceptors (Lipinski definition) is 8. The van der Waals surface area contributed by atoms with E-state index in [9.17, 15) is 8.42 Å². The minimum Gasteiger partial charge on any atom is -0.431 e. The molecular weight excluding hydrogens is 436 g/mol. The van der Waals surface area contributed by atoms with E-state index in [1.165, 1.54) is 11.8 Å². The van der Waals surface area contributed by atoms with Crippen LogP contribution in [0, 0.1) is 0 Å². The predicted molar refractivity (Wildman–Crippen MR) is 116 cm³/mol. The van der Waals surface area contributed by atoms with E-state index < -0.39 is 10.0 Å². The zero-order chi connectivity index (χ0) is 21.3. The van der Waals surface area contributed by atoms with E-state index in [-0.39, 0.29) is 4.90 Å². The minimum atomic E-state index is -3.51. The van der Waals surface area contributed by atoms with Crippen molar-refractivity contribution in [2.75, 3.05) is 13.1 Å². The van der Waals surface area contributed by atoms with Crippen molar-refractivity contribution in [2.24, 2.45) is 0 Å². The van der Waals surface area contributed by atoms with Crippen LogP contribution in [0.1, 0.15) is 25.2 Å². The van der Waals surface area contributed by atoms with Crippen LogP contribution in [0.15, 0.2) is 67.6 Å². The van der Waals surface area contributed by atoms with Gasteiger partial charge in [0.15, 0.2) is 5.58 Å². The Morgan fingerprint density at radius 3 is 2.61 bits per heavy atom. The number of benzene rings is 2. The Bertz CT molecular complexity index is 1300. The molecule has 0 saturated carbocycles. The topological polar surface area (TPSA) is 102 Å². The Hall–Kier alpha value is -2.69. The van der Waals surface area contributed by atoms with Gasteiger partial charge in [-0.2, -0.15) is 9.29 Å². The standard InChI is InChI=1S/C21H20N4O4S2/c26-31(27,25-11-5-2-6-12-25)16-9-10-18-17(13-16)22-21(28-18)30-14-19-23-20(24-29-19)15-7-3-1-4-8-15/h1,3-4,7-10,13H,2,5-6,11-12,14H2. The van der Waals surface area contributed by atoms with Crippen LogP contribution >= 0.6 is 11.8 Å². The first-order valence-corrected chi connectivity index (χ1v) is 12.4. The molecule has 0 amide bonds. The van der Waals surface area contributed by atoms with Crippen molar-refractivity contribution < 1.29 is 17.4 Å². The van der Waals surface area contributed by atoms with Crippen LogP contribution in [0.5, 0.6) is 0 Å². The molecule has 0 N–H and O–H groups in total. The summed E-state index contributed by atoms with van der Waals surface area (Å²) in [6.07, 6.45) is 2.86. The number of rotatable bonds is 6. The van der Waals surface area contributed by atoms with Crippen molar-refractivity contribution in [2.45, 2.75) is 35.1 Å². The number of hydrogen-bond donors (Lipinski definition) is 0. The predicted octanol–water partition coefficient (Wildman–Crippen LogP) is 4.34. The highest BCUT2D eigenvalue weighted by molar-refractivity contribution is 7.98. The highest BCUT2D eigenvalue weighted by Gasteiger charge is 2.26. The van der Waals surface area contributed by atoms with Crippen molar-refractivity contribution in [3.63, 3.8) is 0 Å². The summed E-state index contributed by atoms with van der Waals surface area (Å²) >= 11 is 1.32. The van der Waals surface area contributed by atoms with Gasteiger partial charge in [0.1, 0.15) is 5.52 Å². The molecule has 0 aliphatic carbocycles. The van der Waals surface area contributed by atoms with Gasteiger partial charge in [0.25, 0.3) is 5.22 Å². The monoisotopic (exact) mass is 456 g/mol. The first-order chi connectivity index (χ1) is 15.1. The average Bonchev–Trinajstić information content (AvgIpc) is 3.45. The van der Waals surface area contributed by atoms with Gasteiger partial charge >= 0.3 is 0 Å². The normalized spacial score (nSPS) is 15.5. The van der Waals surface area contributed by atoms with Crippen LogP contribution in [0.2, 0.25) is 0 Å². The Morgan fingerprint density at radius 2 is 1.81 bits per heavy atom. The van der Waals surface area contributed by atoms with Crippen molar-refractivity contribution in [3.8, 4) is 11.4 Å². The molecule has 3 heterocycles. The number of thioether (sulfide) groups is 1. The van der Waals surface area contributed by atoms with Gasteiger partial charge in [0, 0.05) is 18.7 Å². The molecule has 8 nitrogen and oxygen atoms in total. The van der Waals surface area contributed by atoms with Crippen LogP contribution < -0.4 is 0 Å². The molecule has 2 aromatic heterocycles. The number of sulfonamides is 1. The van der Waals surface area contributed by atoms with Crippen LogP contribution in [-0.2, 0) is 15.8 Å². The summed E-state index contributed by atoms with van der Waals surface area (Å²) < 4.78 is 38.4. The summed E-state index contributed by atoms with van der Waals surface area (Å²) in [5.74, 6) is 1.38. The molecule has 31 heavy (non-hydrogen) atoms. The highest BCUT2D eigenvalue weighted by atomic mass is 32.2. The van der Waals surface area contributed by atoms with Crippen molar-refractivity contribution in [1.82, 2.24) is 19.4 Å². The fourth-order valence-electron chi connectivity index (χ4n) is 3.50. The second-order valence-electron chi connectivity index (χ2n) is 7.24. The molecule has 1 aliphatic rings. The lowest BCUT2D eigenvalue weighted by Gasteiger charge is -2.25. The molecule has 1 fully saturated rings. The van der Waals surface area contributed by atoms with E-state index in [0.29, 0.717) is 46.9 Å². The van der Waals surface area contributed by atoms with Crippen LogP contribution in [0.4, 0.5) is 0 Å². The number of piperidine rings is 1. The van der Waals surface area contributed by atoms with Gasteiger partial charge in [-0.05, 0) is 31.0 Å². The second-order valence-corrected chi connectivity index (χ2v) is 10.1. The fraction of sp³-hybridized carbons (Fsp3) is 0.286. The van der Waals surface area contributed by atoms with Crippen molar-refractivity contribution in [3.05, 3.63) is 54.4 Å². The molecule has 5 rings (SSSR count). The van der Waals surface area contributed by atoms with E-state index in [2.05, 4.69) is 15.1 Å². The lowest BCUT2D eigenvalue weighted by Crippen LogP contribution is -2.35. The Balaban J connectivity index is 1.31. The van der Waals surface area contributed by atoms with Gasteiger partial charge in [0.2, 0.25) is 21.7 Å². The van der Waals surface area contributed by atoms with Gasteiger partial charge in [-0.25, -0.2) is 13.4 Å². The van der Waals surface area contributed by atoms with E-state index in [0.717, 1.165) is 24.8 Å². The van der Waals surface area contributed by atoms with E-state index in [4.69, 9.17) is 8.94 Å². The van der Waals surface area contributed by atoms with Gasteiger partial charge in [-0.15, -0.1) is 0 Å². The molecular formula is C21H20N4O4S2. The maximum absolute atomic E-state index is 12.9. The zero-order valence-electron chi connectivity index (χ0n) is 16.6. The Labute approximate surface area is 183 Å². The summed E-state index contributed by atoms with van der Waals surface area (Å²) in [5.41, 5.74) is 1.93. The molecule has 160 valence electrons. The second kappa shape index (κ2) is 8.45. The maximum atomic E-state index is 12.9. The Morgan fingerprint density at radius 1 is 1.00 bits per heavy atom. The van der Waals surface area contributed by atoms with E-state index in [1.54, 1.807) is 22.5 Å². The third kappa shape index (κ3) is 4.23. The Kier molecular flexibility index (Phi) is 5.51. The first kappa shape index (κ1) is 20.2. The number of nitrogens with zero attached hydrogens (tertiary/aromatic N) is 4. The van der Waals surface area contributed by atoms with E-state index in [1.807, 2.05) is 30.3 Å². The van der Waals surface area contributed by atoms with Crippen molar-refractivity contribution in [1.29, 1.82) is 0 Å². The molecule has 0 bridgehead atoms. The molecule has 0 unspecified atom stereocenters. The summed E-state index contributed by atoms with van der Waals surface area (Å²) in [4.78, 5) is 9.08. The number of oxazole rings is 1. The van der Waals surface area contributed by atoms with Gasteiger partial charge < -0.3 is 8.94 Å². The molecule has 0 spiro atoms. The first-order valence-electron chi connectivity index (χ1n) is 10.0. The largest absolute Gasteiger partial charge is 0.431 e. The average molecular weight is 457 g/mol. The zero-order valence-corrected chi connectivity index (χ0v) is 18.2. The molecule has 2 aromatic carbocycles. The summed E-state index contributed by atoms with van der Waals surface area (Å²) in [5, 5.41) is 4.42. The van der Waals surface area contributed by atoms with Gasteiger partial charge in [0.05, 0.1) is 10.6 Å². The summed E-state index contributed by atoms with van der Waals surface area (Å²) in [6, 6.07) is 14.4.